The van der Waals surface area contributed by atoms with Crippen LogP contribution in [0.5, 0.6) is 5.75 Å². The van der Waals surface area contributed by atoms with Crippen molar-refractivity contribution in [2.45, 2.75) is 76.9 Å². The van der Waals surface area contributed by atoms with E-state index in [0.717, 1.165) is 24.5 Å². The maximum Gasteiger partial charge on any atom is 0.130 e. The van der Waals surface area contributed by atoms with Crippen LogP contribution in [0.25, 0.3) is 0 Å². The second kappa shape index (κ2) is 9.82. The van der Waals surface area contributed by atoms with Crippen LogP contribution in [0.3, 0.4) is 0 Å². The summed E-state index contributed by atoms with van der Waals surface area (Å²) in [5, 5.41) is 17.7. The van der Waals surface area contributed by atoms with Gasteiger partial charge in [0.05, 0.1) is 0 Å². The van der Waals surface area contributed by atoms with E-state index in [0.29, 0.717) is 12.5 Å². The first kappa shape index (κ1) is 24.9. The molecular weight excluding hydrogens is 400 g/mol. The molecular formula is C23H40N2O2S2. The molecule has 3 atom stereocenters. The minimum absolute atomic E-state index is 0.0357. The van der Waals surface area contributed by atoms with Gasteiger partial charge in [0.1, 0.15) is 18.0 Å². The van der Waals surface area contributed by atoms with Gasteiger partial charge in [-0.05, 0) is 66.8 Å². The van der Waals surface area contributed by atoms with Gasteiger partial charge in [0.15, 0.2) is 0 Å². The highest BCUT2D eigenvalue weighted by Crippen LogP contribution is 2.39. The zero-order valence-corrected chi connectivity index (χ0v) is 20.8. The maximum absolute atomic E-state index is 10.7. The summed E-state index contributed by atoms with van der Waals surface area (Å²) in [6, 6.07) is 4.44. The lowest BCUT2D eigenvalue weighted by molar-refractivity contribution is 0.0498. The molecule has 0 aliphatic carbocycles. The van der Waals surface area contributed by atoms with E-state index in [2.05, 4.69) is 76.9 Å². The molecule has 2 rings (SSSR count). The Kier molecular flexibility index (Phi) is 8.42. The lowest BCUT2D eigenvalue weighted by Crippen LogP contribution is -2.43. The molecule has 1 aromatic rings. The number of rotatable bonds is 10. The third-order valence-corrected chi connectivity index (χ3v) is 7.98. The number of aliphatic hydroxyl groups excluding tert-OH is 1. The van der Waals surface area contributed by atoms with Gasteiger partial charge >= 0.3 is 0 Å². The number of benzene rings is 1. The molecule has 29 heavy (non-hydrogen) atoms. The van der Waals surface area contributed by atoms with Crippen molar-refractivity contribution in [2.75, 3.05) is 25.9 Å². The monoisotopic (exact) mass is 440 g/mol. The topological polar surface area (TPSA) is 53.5 Å². The van der Waals surface area contributed by atoms with Gasteiger partial charge in [0.2, 0.25) is 0 Å². The van der Waals surface area contributed by atoms with Crippen LogP contribution in [-0.4, -0.2) is 48.5 Å². The van der Waals surface area contributed by atoms with Crippen molar-refractivity contribution in [3.8, 4) is 5.75 Å². The van der Waals surface area contributed by atoms with Crippen LogP contribution in [0.15, 0.2) is 12.1 Å². The molecule has 0 saturated heterocycles. The van der Waals surface area contributed by atoms with Crippen LogP contribution < -0.4 is 15.4 Å². The molecule has 0 spiro atoms. The summed E-state index contributed by atoms with van der Waals surface area (Å²) in [6.45, 7) is 14.4. The summed E-state index contributed by atoms with van der Waals surface area (Å²) in [7, 11) is 2.00. The molecule has 0 bridgehead atoms. The molecule has 1 aliphatic rings. The van der Waals surface area contributed by atoms with Gasteiger partial charge in [0, 0.05) is 30.3 Å². The Hall–Kier alpha value is -0.400. The molecule has 6 heteroatoms. The summed E-state index contributed by atoms with van der Waals surface area (Å²) in [5.74, 6) is 2.09. The van der Waals surface area contributed by atoms with Crippen LogP contribution in [0.1, 0.15) is 64.2 Å². The summed E-state index contributed by atoms with van der Waals surface area (Å²) in [5.41, 5.74) is 3.70. The standard InChI is InChI=1S/C23H40N2O2S2/c1-14(2)16-10-19-15(8-17(16)23(5,6)24-7)9-20(27-19)18(26)11-25-12-21(29)22(3,4)13-28/h8,10,14,18,20-21,24-26,28-29H,9,11-13H2,1-7H3. The normalized spacial score (nSPS) is 19.2. The highest BCUT2D eigenvalue weighted by Gasteiger charge is 2.33. The van der Waals surface area contributed by atoms with E-state index in [-0.39, 0.29) is 22.3 Å². The van der Waals surface area contributed by atoms with E-state index >= 15 is 0 Å². The SMILES string of the molecule is CNC(C)(C)c1cc2c(cc1C(C)C)OC(C(O)CNCC(S)C(C)(C)CS)C2. The Morgan fingerprint density at radius 1 is 1.21 bits per heavy atom. The number of fused-ring (bicyclic) bond motifs is 1. The van der Waals surface area contributed by atoms with Crippen molar-refractivity contribution >= 4 is 25.3 Å². The second-order valence-electron chi connectivity index (χ2n) is 9.83. The Labute approximate surface area is 188 Å². The third-order valence-electron chi connectivity index (χ3n) is 6.28. The summed E-state index contributed by atoms with van der Waals surface area (Å²) in [6.07, 6.45) is -0.0532. The van der Waals surface area contributed by atoms with E-state index in [1.165, 1.54) is 16.7 Å². The van der Waals surface area contributed by atoms with Crippen molar-refractivity contribution in [1.29, 1.82) is 0 Å². The fourth-order valence-electron chi connectivity index (χ4n) is 3.58. The molecule has 4 nitrogen and oxygen atoms in total. The predicted octanol–water partition coefficient (Wildman–Crippen LogP) is 3.77. The number of hydrogen-bond acceptors (Lipinski definition) is 6. The largest absolute Gasteiger partial charge is 0.487 e. The lowest BCUT2D eigenvalue weighted by atomic mass is 9.84. The molecule has 166 valence electrons. The summed E-state index contributed by atoms with van der Waals surface area (Å²) in [4.78, 5) is 0. The van der Waals surface area contributed by atoms with Crippen LogP contribution in [0, 0.1) is 5.41 Å². The number of ether oxygens (including phenoxy) is 1. The fraction of sp³-hybridized carbons (Fsp3) is 0.739. The minimum Gasteiger partial charge on any atom is -0.487 e. The van der Waals surface area contributed by atoms with Crippen molar-refractivity contribution in [1.82, 2.24) is 10.6 Å². The maximum atomic E-state index is 10.7. The van der Waals surface area contributed by atoms with Crippen molar-refractivity contribution < 1.29 is 9.84 Å². The predicted molar refractivity (Wildman–Crippen MR) is 130 cm³/mol. The highest BCUT2D eigenvalue weighted by atomic mass is 32.1. The molecule has 0 amide bonds. The molecule has 0 saturated carbocycles. The number of hydrogen-bond donors (Lipinski definition) is 5. The van der Waals surface area contributed by atoms with Gasteiger partial charge < -0.3 is 20.5 Å². The second-order valence-corrected chi connectivity index (χ2v) is 10.8. The Morgan fingerprint density at radius 3 is 2.41 bits per heavy atom. The molecule has 1 aliphatic heterocycles. The van der Waals surface area contributed by atoms with Crippen LogP contribution in [0.4, 0.5) is 0 Å². The van der Waals surface area contributed by atoms with Crippen molar-refractivity contribution in [3.63, 3.8) is 0 Å². The van der Waals surface area contributed by atoms with E-state index in [1.54, 1.807) is 0 Å². The molecule has 3 N–H and O–H groups in total. The van der Waals surface area contributed by atoms with E-state index in [4.69, 9.17) is 17.4 Å². The Bertz CT molecular complexity index is 692. The van der Waals surface area contributed by atoms with Gasteiger partial charge in [-0.3, -0.25) is 0 Å². The van der Waals surface area contributed by atoms with Crippen LogP contribution in [-0.2, 0) is 12.0 Å². The van der Waals surface area contributed by atoms with Gasteiger partial charge in [-0.2, -0.15) is 25.3 Å². The molecule has 0 radical (unpaired) electrons. The van der Waals surface area contributed by atoms with E-state index < -0.39 is 6.10 Å². The number of nitrogens with one attached hydrogen (secondary N) is 2. The van der Waals surface area contributed by atoms with Crippen molar-refractivity contribution in [2.24, 2.45) is 5.41 Å². The molecule has 1 heterocycles. The van der Waals surface area contributed by atoms with Gasteiger partial charge in [-0.15, -0.1) is 0 Å². The smallest absolute Gasteiger partial charge is 0.130 e. The third kappa shape index (κ3) is 5.85. The number of aliphatic hydroxyl groups is 1. The van der Waals surface area contributed by atoms with Crippen molar-refractivity contribution in [3.05, 3.63) is 28.8 Å². The number of thiol groups is 2. The quantitative estimate of drug-likeness (QED) is 0.360. The Morgan fingerprint density at radius 2 is 1.86 bits per heavy atom. The fourth-order valence-corrected chi connectivity index (χ4v) is 4.17. The van der Waals surface area contributed by atoms with Crippen LogP contribution in [0.2, 0.25) is 0 Å². The molecule has 0 aromatic heterocycles. The zero-order valence-electron chi connectivity index (χ0n) is 19.0. The molecule has 1 aromatic carbocycles. The van der Waals surface area contributed by atoms with E-state index in [1.807, 2.05) is 7.05 Å². The Balaban J connectivity index is 2.05. The first-order chi connectivity index (χ1) is 13.4. The first-order valence-corrected chi connectivity index (χ1v) is 11.8. The van der Waals surface area contributed by atoms with E-state index in [9.17, 15) is 5.11 Å². The highest BCUT2D eigenvalue weighted by molar-refractivity contribution is 7.81. The van der Waals surface area contributed by atoms with Crippen LogP contribution >= 0.6 is 25.3 Å². The first-order valence-electron chi connectivity index (χ1n) is 10.6. The molecule has 3 unspecified atom stereocenters. The average molecular weight is 441 g/mol. The zero-order chi connectivity index (χ0) is 22.0. The summed E-state index contributed by atoms with van der Waals surface area (Å²) >= 11 is 9.10. The van der Waals surface area contributed by atoms with Gasteiger partial charge in [0.25, 0.3) is 0 Å². The lowest BCUT2D eigenvalue weighted by Gasteiger charge is -2.30. The minimum atomic E-state index is -0.565. The van der Waals surface area contributed by atoms with Gasteiger partial charge in [-0.1, -0.05) is 27.7 Å². The molecule has 0 fully saturated rings. The van der Waals surface area contributed by atoms with Gasteiger partial charge in [-0.25, -0.2) is 0 Å². The summed E-state index contributed by atoms with van der Waals surface area (Å²) < 4.78 is 6.17. The average Bonchev–Trinajstić information content (AvgIpc) is 3.09.